The fourth-order valence-electron chi connectivity index (χ4n) is 1.58. The quantitative estimate of drug-likeness (QED) is 0.608. The second-order valence-corrected chi connectivity index (χ2v) is 2.99. The topological polar surface area (TPSA) is 26.3 Å². The predicted molar refractivity (Wildman–Crippen MR) is 50.2 cm³/mol. The van der Waals surface area contributed by atoms with Crippen molar-refractivity contribution in [3.8, 4) is 0 Å². The number of hydrogen-bond donors (Lipinski definition) is 0. The first-order chi connectivity index (χ1) is 6.33. The van der Waals surface area contributed by atoms with Gasteiger partial charge in [0.05, 0.1) is 7.11 Å². The van der Waals surface area contributed by atoms with E-state index in [1.807, 2.05) is 36.4 Å². The molecule has 0 radical (unpaired) electrons. The van der Waals surface area contributed by atoms with Gasteiger partial charge in [0, 0.05) is 0 Å². The summed E-state index contributed by atoms with van der Waals surface area (Å²) < 4.78 is 4.70. The van der Waals surface area contributed by atoms with E-state index in [0.717, 1.165) is 11.1 Å². The molecule has 1 atom stereocenters. The molecule has 0 N–H and O–H groups in total. The van der Waals surface area contributed by atoms with Gasteiger partial charge in [-0.05, 0) is 11.1 Å². The number of esters is 1. The molecular weight excluding hydrogens is 164 g/mol. The van der Waals surface area contributed by atoms with E-state index in [9.17, 15) is 4.79 Å². The van der Waals surface area contributed by atoms with Crippen molar-refractivity contribution in [3.63, 3.8) is 0 Å². The molecule has 0 aromatic heterocycles. The Morgan fingerprint density at radius 1 is 1.38 bits per heavy atom. The van der Waals surface area contributed by atoms with E-state index in [2.05, 4.69) is 0 Å². The second kappa shape index (κ2) is 3.05. The molecular formula is C11H10O2. The maximum Gasteiger partial charge on any atom is 0.317 e. The summed E-state index contributed by atoms with van der Waals surface area (Å²) in [7, 11) is 1.41. The normalized spacial score (nSPS) is 18.4. The van der Waals surface area contributed by atoms with Crippen LogP contribution >= 0.6 is 0 Å². The SMILES string of the molecule is COC(=O)C1C=Cc2ccccc21. The first-order valence-electron chi connectivity index (χ1n) is 4.18. The molecule has 1 unspecified atom stereocenters. The smallest absolute Gasteiger partial charge is 0.317 e. The van der Waals surface area contributed by atoms with Crippen LogP contribution in [0.25, 0.3) is 6.08 Å². The molecule has 0 fully saturated rings. The van der Waals surface area contributed by atoms with E-state index in [0.29, 0.717) is 0 Å². The highest BCUT2D eigenvalue weighted by molar-refractivity contribution is 5.86. The third-order valence-corrected chi connectivity index (χ3v) is 2.25. The van der Waals surface area contributed by atoms with Gasteiger partial charge in [-0.3, -0.25) is 4.79 Å². The van der Waals surface area contributed by atoms with Crippen molar-refractivity contribution in [2.24, 2.45) is 0 Å². The number of fused-ring (bicyclic) bond motifs is 1. The summed E-state index contributed by atoms with van der Waals surface area (Å²) in [4.78, 5) is 11.3. The Bertz CT molecular complexity index is 366. The van der Waals surface area contributed by atoms with Gasteiger partial charge < -0.3 is 4.74 Å². The average molecular weight is 174 g/mol. The molecule has 0 saturated carbocycles. The van der Waals surface area contributed by atoms with Crippen molar-refractivity contribution in [2.75, 3.05) is 7.11 Å². The van der Waals surface area contributed by atoms with E-state index in [-0.39, 0.29) is 11.9 Å². The standard InChI is InChI=1S/C11H10O2/c1-13-11(12)10-7-6-8-4-2-3-5-9(8)10/h2-7,10H,1H3. The number of rotatable bonds is 1. The van der Waals surface area contributed by atoms with Crippen LogP contribution in [0.1, 0.15) is 17.0 Å². The molecule has 0 amide bonds. The van der Waals surface area contributed by atoms with Crippen LogP contribution in [0.5, 0.6) is 0 Å². The lowest BCUT2D eigenvalue weighted by atomic mass is 10.0. The number of hydrogen-bond acceptors (Lipinski definition) is 2. The lowest BCUT2D eigenvalue weighted by Crippen LogP contribution is -2.10. The molecule has 0 spiro atoms. The van der Waals surface area contributed by atoms with Crippen LogP contribution in [0.3, 0.4) is 0 Å². The van der Waals surface area contributed by atoms with Gasteiger partial charge in [0.25, 0.3) is 0 Å². The van der Waals surface area contributed by atoms with Crippen molar-refractivity contribution in [1.29, 1.82) is 0 Å². The first-order valence-corrected chi connectivity index (χ1v) is 4.18. The molecule has 2 heteroatoms. The van der Waals surface area contributed by atoms with E-state index in [1.54, 1.807) is 0 Å². The van der Waals surface area contributed by atoms with Crippen molar-refractivity contribution >= 4 is 12.0 Å². The summed E-state index contributed by atoms with van der Waals surface area (Å²) in [5, 5.41) is 0. The average Bonchev–Trinajstić information content (AvgIpc) is 2.60. The molecule has 2 rings (SSSR count). The fourth-order valence-corrected chi connectivity index (χ4v) is 1.58. The summed E-state index contributed by atoms with van der Waals surface area (Å²) in [5.41, 5.74) is 2.15. The number of methoxy groups -OCH3 is 1. The lowest BCUT2D eigenvalue weighted by molar-refractivity contribution is -0.141. The van der Waals surface area contributed by atoms with Crippen molar-refractivity contribution in [2.45, 2.75) is 5.92 Å². The van der Waals surface area contributed by atoms with Crippen molar-refractivity contribution < 1.29 is 9.53 Å². The Hall–Kier alpha value is -1.57. The molecule has 1 aromatic carbocycles. The lowest BCUT2D eigenvalue weighted by Gasteiger charge is -2.07. The molecule has 66 valence electrons. The number of benzene rings is 1. The summed E-state index contributed by atoms with van der Waals surface area (Å²) in [6.45, 7) is 0. The minimum absolute atomic E-state index is 0.193. The zero-order chi connectivity index (χ0) is 9.26. The van der Waals surface area contributed by atoms with Gasteiger partial charge in [-0.15, -0.1) is 0 Å². The summed E-state index contributed by atoms with van der Waals surface area (Å²) in [5.74, 6) is -0.401. The highest BCUT2D eigenvalue weighted by Gasteiger charge is 2.23. The van der Waals surface area contributed by atoms with Crippen LogP contribution in [0, 0.1) is 0 Å². The molecule has 1 aliphatic rings. The molecule has 0 aliphatic heterocycles. The van der Waals surface area contributed by atoms with Crippen LogP contribution < -0.4 is 0 Å². The van der Waals surface area contributed by atoms with E-state index >= 15 is 0 Å². The first kappa shape index (κ1) is 8.05. The van der Waals surface area contributed by atoms with Gasteiger partial charge in [-0.2, -0.15) is 0 Å². The zero-order valence-corrected chi connectivity index (χ0v) is 7.36. The molecule has 0 heterocycles. The fraction of sp³-hybridized carbons (Fsp3) is 0.182. The highest BCUT2D eigenvalue weighted by atomic mass is 16.5. The minimum Gasteiger partial charge on any atom is -0.468 e. The van der Waals surface area contributed by atoms with Gasteiger partial charge >= 0.3 is 5.97 Å². The number of carbonyl (C=O) groups excluding carboxylic acids is 1. The number of ether oxygens (including phenoxy) is 1. The van der Waals surface area contributed by atoms with E-state index < -0.39 is 0 Å². The van der Waals surface area contributed by atoms with Gasteiger partial charge in [0.1, 0.15) is 5.92 Å². The molecule has 13 heavy (non-hydrogen) atoms. The highest BCUT2D eigenvalue weighted by Crippen LogP contribution is 2.30. The second-order valence-electron chi connectivity index (χ2n) is 2.99. The van der Waals surface area contributed by atoms with E-state index in [4.69, 9.17) is 4.74 Å². The molecule has 1 aromatic rings. The Labute approximate surface area is 76.8 Å². The maximum absolute atomic E-state index is 11.3. The van der Waals surface area contributed by atoms with Crippen LogP contribution in [0.15, 0.2) is 30.3 Å². The van der Waals surface area contributed by atoms with Crippen molar-refractivity contribution in [3.05, 3.63) is 41.5 Å². The molecule has 0 bridgehead atoms. The maximum atomic E-state index is 11.3. The summed E-state index contributed by atoms with van der Waals surface area (Å²) in [6.07, 6.45) is 3.83. The minimum atomic E-state index is -0.207. The van der Waals surface area contributed by atoms with Crippen LogP contribution in [-0.2, 0) is 9.53 Å². The van der Waals surface area contributed by atoms with Gasteiger partial charge in [0.15, 0.2) is 0 Å². The van der Waals surface area contributed by atoms with Gasteiger partial charge in [-0.1, -0.05) is 36.4 Å². The molecule has 1 aliphatic carbocycles. The van der Waals surface area contributed by atoms with Crippen LogP contribution in [0.4, 0.5) is 0 Å². The Balaban J connectivity index is 2.38. The number of carbonyl (C=O) groups is 1. The van der Waals surface area contributed by atoms with Gasteiger partial charge in [-0.25, -0.2) is 0 Å². The van der Waals surface area contributed by atoms with Crippen LogP contribution in [0.2, 0.25) is 0 Å². The molecule has 2 nitrogen and oxygen atoms in total. The monoisotopic (exact) mass is 174 g/mol. The third kappa shape index (κ3) is 1.24. The third-order valence-electron chi connectivity index (χ3n) is 2.25. The molecule has 0 saturated heterocycles. The Kier molecular flexibility index (Phi) is 1.89. The zero-order valence-electron chi connectivity index (χ0n) is 7.36. The Morgan fingerprint density at radius 3 is 2.92 bits per heavy atom. The summed E-state index contributed by atoms with van der Waals surface area (Å²) >= 11 is 0. The Morgan fingerprint density at radius 2 is 2.15 bits per heavy atom. The van der Waals surface area contributed by atoms with Crippen molar-refractivity contribution in [1.82, 2.24) is 0 Å². The predicted octanol–water partition coefficient (Wildman–Crippen LogP) is 1.97. The van der Waals surface area contributed by atoms with Crippen LogP contribution in [-0.4, -0.2) is 13.1 Å². The summed E-state index contributed by atoms with van der Waals surface area (Å²) in [6, 6.07) is 7.84. The van der Waals surface area contributed by atoms with E-state index in [1.165, 1.54) is 7.11 Å². The largest absolute Gasteiger partial charge is 0.468 e. The van der Waals surface area contributed by atoms with Gasteiger partial charge in [0.2, 0.25) is 0 Å².